The highest BCUT2D eigenvalue weighted by atomic mass is 16.5. The normalized spacial score (nSPS) is 19.1. The van der Waals surface area contributed by atoms with Crippen molar-refractivity contribution in [2.45, 2.75) is 44.8 Å². The van der Waals surface area contributed by atoms with E-state index in [0.717, 1.165) is 25.9 Å². The number of carbonyl (C=O) groups excluding carboxylic acids is 1. The van der Waals surface area contributed by atoms with Crippen LogP contribution in [0.15, 0.2) is 24.3 Å². The number of rotatable bonds is 7. The van der Waals surface area contributed by atoms with Crippen molar-refractivity contribution in [2.24, 2.45) is 0 Å². The first-order chi connectivity index (χ1) is 11.1. The summed E-state index contributed by atoms with van der Waals surface area (Å²) in [6, 6.07) is 6.87. The quantitative estimate of drug-likeness (QED) is 0.804. The number of carboxylic acids is 1. The highest BCUT2D eigenvalue weighted by molar-refractivity contribution is 5.95. The molecular weight excluding hydrogens is 298 g/mol. The van der Waals surface area contributed by atoms with Crippen molar-refractivity contribution in [1.82, 2.24) is 0 Å². The Labute approximate surface area is 135 Å². The summed E-state index contributed by atoms with van der Waals surface area (Å²) >= 11 is 0. The van der Waals surface area contributed by atoms with Crippen LogP contribution in [0.5, 0.6) is 0 Å². The molecular formula is C17H23NO5. The molecule has 1 aliphatic rings. The van der Waals surface area contributed by atoms with Crippen LogP contribution in [0.3, 0.4) is 0 Å². The van der Waals surface area contributed by atoms with Crippen molar-refractivity contribution in [2.75, 3.05) is 18.5 Å². The molecule has 2 unspecified atom stereocenters. The summed E-state index contributed by atoms with van der Waals surface area (Å²) < 4.78 is 11.2. The maximum Gasteiger partial charge on any atom is 0.307 e. The second-order valence-corrected chi connectivity index (χ2v) is 5.68. The van der Waals surface area contributed by atoms with Crippen molar-refractivity contribution in [1.29, 1.82) is 0 Å². The minimum Gasteiger partial charge on any atom is -0.481 e. The molecule has 1 aromatic carbocycles. The van der Waals surface area contributed by atoms with E-state index < -0.39 is 12.1 Å². The molecule has 6 nitrogen and oxygen atoms in total. The second kappa shape index (κ2) is 8.64. The van der Waals surface area contributed by atoms with Gasteiger partial charge in [0.15, 0.2) is 0 Å². The average Bonchev–Trinajstić information content (AvgIpc) is 2.55. The predicted molar refractivity (Wildman–Crippen MR) is 85.4 cm³/mol. The van der Waals surface area contributed by atoms with Gasteiger partial charge in [0.05, 0.1) is 19.1 Å². The molecule has 6 heteroatoms. The third kappa shape index (κ3) is 5.65. The SMILES string of the molecule is CC(OCC1CCCCO1)C(=O)Nc1ccccc1CC(=O)O. The monoisotopic (exact) mass is 321 g/mol. The number of ether oxygens (including phenoxy) is 2. The third-order valence-corrected chi connectivity index (χ3v) is 3.79. The van der Waals surface area contributed by atoms with Gasteiger partial charge in [0.25, 0.3) is 5.91 Å². The highest BCUT2D eigenvalue weighted by Gasteiger charge is 2.19. The molecule has 1 heterocycles. The number of carboxylic acid groups (broad SMARTS) is 1. The molecule has 1 amide bonds. The van der Waals surface area contributed by atoms with E-state index in [1.807, 2.05) is 0 Å². The van der Waals surface area contributed by atoms with Crippen molar-refractivity contribution >= 4 is 17.6 Å². The number of amides is 1. The van der Waals surface area contributed by atoms with E-state index in [-0.39, 0.29) is 18.4 Å². The topological polar surface area (TPSA) is 84.9 Å². The van der Waals surface area contributed by atoms with Crippen LogP contribution in [-0.2, 0) is 25.5 Å². The summed E-state index contributed by atoms with van der Waals surface area (Å²) in [6.45, 7) is 2.82. The van der Waals surface area contributed by atoms with Gasteiger partial charge in [0, 0.05) is 12.3 Å². The third-order valence-electron chi connectivity index (χ3n) is 3.79. The number of carbonyl (C=O) groups is 2. The van der Waals surface area contributed by atoms with E-state index in [0.29, 0.717) is 17.9 Å². The standard InChI is InChI=1S/C17H23NO5/c1-12(23-11-14-7-4-5-9-22-14)17(21)18-15-8-3-2-6-13(15)10-16(19)20/h2-3,6,8,12,14H,4-5,7,9-11H2,1H3,(H,18,21)(H,19,20). The zero-order chi connectivity index (χ0) is 16.7. The summed E-state index contributed by atoms with van der Waals surface area (Å²) in [5, 5.41) is 11.6. The lowest BCUT2D eigenvalue weighted by Gasteiger charge is -2.24. The smallest absolute Gasteiger partial charge is 0.307 e. The Morgan fingerprint density at radius 2 is 2.17 bits per heavy atom. The molecule has 2 rings (SSSR count). The first-order valence-electron chi connectivity index (χ1n) is 7.90. The average molecular weight is 321 g/mol. The van der Waals surface area contributed by atoms with E-state index in [1.54, 1.807) is 31.2 Å². The van der Waals surface area contributed by atoms with Crippen LogP contribution in [0.25, 0.3) is 0 Å². The van der Waals surface area contributed by atoms with Gasteiger partial charge >= 0.3 is 5.97 Å². The van der Waals surface area contributed by atoms with Crippen LogP contribution in [-0.4, -0.2) is 42.4 Å². The Morgan fingerprint density at radius 1 is 1.39 bits per heavy atom. The molecule has 0 radical (unpaired) electrons. The highest BCUT2D eigenvalue weighted by Crippen LogP contribution is 2.17. The largest absolute Gasteiger partial charge is 0.481 e. The second-order valence-electron chi connectivity index (χ2n) is 5.68. The summed E-state index contributed by atoms with van der Waals surface area (Å²) in [6.07, 6.45) is 2.44. The summed E-state index contributed by atoms with van der Waals surface area (Å²) in [5.74, 6) is -1.23. The molecule has 2 atom stereocenters. The van der Waals surface area contributed by atoms with Gasteiger partial charge in [-0.25, -0.2) is 0 Å². The maximum atomic E-state index is 12.2. The number of hydrogen-bond acceptors (Lipinski definition) is 4. The van der Waals surface area contributed by atoms with Gasteiger partial charge in [-0.3, -0.25) is 9.59 Å². The van der Waals surface area contributed by atoms with E-state index in [1.165, 1.54) is 0 Å². The van der Waals surface area contributed by atoms with E-state index in [2.05, 4.69) is 5.32 Å². The van der Waals surface area contributed by atoms with Gasteiger partial charge in [-0.2, -0.15) is 0 Å². The fraction of sp³-hybridized carbons (Fsp3) is 0.529. The van der Waals surface area contributed by atoms with Crippen LogP contribution < -0.4 is 5.32 Å². The summed E-state index contributed by atoms with van der Waals surface area (Å²) in [4.78, 5) is 23.1. The molecule has 1 aromatic rings. The van der Waals surface area contributed by atoms with Gasteiger partial charge < -0.3 is 19.9 Å². The molecule has 0 aromatic heterocycles. The Hall–Kier alpha value is -1.92. The molecule has 0 saturated carbocycles. The molecule has 0 aliphatic carbocycles. The maximum absolute atomic E-state index is 12.2. The molecule has 2 N–H and O–H groups in total. The van der Waals surface area contributed by atoms with Gasteiger partial charge in [0.2, 0.25) is 0 Å². The summed E-state index contributed by atoms with van der Waals surface area (Å²) in [5.41, 5.74) is 1.07. The Balaban J connectivity index is 1.86. The minimum absolute atomic E-state index is 0.0540. The molecule has 1 aliphatic heterocycles. The zero-order valence-electron chi connectivity index (χ0n) is 13.3. The van der Waals surface area contributed by atoms with Gasteiger partial charge in [-0.1, -0.05) is 18.2 Å². The number of aliphatic carboxylic acids is 1. The summed E-state index contributed by atoms with van der Waals surface area (Å²) in [7, 11) is 0. The van der Waals surface area contributed by atoms with Crippen molar-refractivity contribution in [3.8, 4) is 0 Å². The predicted octanol–water partition coefficient (Wildman–Crippen LogP) is 2.23. The zero-order valence-corrected chi connectivity index (χ0v) is 13.3. The number of hydrogen-bond donors (Lipinski definition) is 2. The van der Waals surface area contributed by atoms with Crippen LogP contribution in [0, 0.1) is 0 Å². The number of anilines is 1. The first-order valence-corrected chi connectivity index (χ1v) is 7.90. The molecule has 23 heavy (non-hydrogen) atoms. The number of benzene rings is 1. The van der Waals surface area contributed by atoms with Crippen molar-refractivity contribution < 1.29 is 24.2 Å². The lowest BCUT2D eigenvalue weighted by Crippen LogP contribution is -2.33. The van der Waals surface area contributed by atoms with E-state index in [4.69, 9.17) is 14.6 Å². The Kier molecular flexibility index (Phi) is 6.55. The van der Waals surface area contributed by atoms with Crippen molar-refractivity contribution in [3.05, 3.63) is 29.8 Å². The van der Waals surface area contributed by atoms with Crippen LogP contribution >= 0.6 is 0 Å². The number of nitrogens with one attached hydrogen (secondary N) is 1. The van der Waals surface area contributed by atoms with Crippen molar-refractivity contribution in [3.63, 3.8) is 0 Å². The fourth-order valence-corrected chi connectivity index (χ4v) is 2.46. The number of para-hydroxylation sites is 1. The van der Waals surface area contributed by atoms with Gasteiger partial charge in [0.1, 0.15) is 6.10 Å². The minimum atomic E-state index is -0.939. The Bertz CT molecular complexity index is 540. The molecule has 0 bridgehead atoms. The fourth-order valence-electron chi connectivity index (χ4n) is 2.46. The van der Waals surface area contributed by atoms with E-state index in [9.17, 15) is 9.59 Å². The van der Waals surface area contributed by atoms with Crippen LogP contribution in [0.1, 0.15) is 31.7 Å². The molecule has 0 spiro atoms. The lowest BCUT2D eigenvalue weighted by molar-refractivity contribution is -0.136. The van der Waals surface area contributed by atoms with Crippen LogP contribution in [0.2, 0.25) is 0 Å². The van der Waals surface area contributed by atoms with Crippen LogP contribution in [0.4, 0.5) is 5.69 Å². The lowest BCUT2D eigenvalue weighted by atomic mass is 10.1. The van der Waals surface area contributed by atoms with Gasteiger partial charge in [-0.15, -0.1) is 0 Å². The Morgan fingerprint density at radius 3 is 2.87 bits per heavy atom. The van der Waals surface area contributed by atoms with Gasteiger partial charge in [-0.05, 0) is 37.8 Å². The molecule has 1 saturated heterocycles. The molecule has 1 fully saturated rings. The van der Waals surface area contributed by atoms with E-state index >= 15 is 0 Å². The molecule has 126 valence electrons. The first kappa shape index (κ1) is 17.4.